The molecule has 2 aromatic carbocycles. The molecule has 0 bridgehead atoms. The van der Waals surface area contributed by atoms with Crippen molar-refractivity contribution in [3.63, 3.8) is 0 Å². The number of nitrogens with one attached hydrogen (secondary N) is 1. The van der Waals surface area contributed by atoms with E-state index in [-0.39, 0.29) is 0 Å². The van der Waals surface area contributed by atoms with E-state index in [1.165, 1.54) is 0 Å². The maximum Gasteiger partial charge on any atom is 0.249 e. The fraction of sp³-hybridized carbons (Fsp3) is 0.111. The number of benzene rings is 2. The number of nitriles is 1. The summed E-state index contributed by atoms with van der Waals surface area (Å²) in [6, 6.07) is 17.1. The number of ether oxygens (including phenoxy) is 1. The number of halogens is 1. The third-order valence-corrected chi connectivity index (χ3v) is 6.00. The van der Waals surface area contributed by atoms with Crippen LogP contribution >= 0.6 is 11.6 Å². The van der Waals surface area contributed by atoms with E-state index in [1.807, 2.05) is 68.1 Å². The standard InChI is InChI=1S/C27H21ClN6O/c1-16-12-19(21-8-10-30-15-22(21)28)13-17(2)25(16)35-26-24-23(9-11-34(24)3)32-27(33-26)31-20-6-4-18(14-29)5-7-20/h4-13,15H,1-3H3,(H,31,32,33). The van der Waals surface area contributed by atoms with Gasteiger partial charge in [-0.15, -0.1) is 0 Å². The van der Waals surface area contributed by atoms with Gasteiger partial charge < -0.3 is 14.6 Å². The number of anilines is 2. The van der Waals surface area contributed by atoms with Crippen molar-refractivity contribution in [1.29, 1.82) is 5.26 Å². The molecule has 35 heavy (non-hydrogen) atoms. The SMILES string of the molecule is Cc1cc(-c2ccncc2Cl)cc(C)c1Oc1nc(Nc2ccc(C#N)cc2)nc2ccn(C)c12. The quantitative estimate of drug-likeness (QED) is 0.301. The van der Waals surface area contributed by atoms with Crippen molar-refractivity contribution in [3.05, 3.63) is 88.8 Å². The largest absolute Gasteiger partial charge is 0.436 e. The van der Waals surface area contributed by atoms with Crippen LogP contribution in [0.25, 0.3) is 22.2 Å². The number of hydrogen-bond acceptors (Lipinski definition) is 6. The highest BCUT2D eigenvalue weighted by atomic mass is 35.5. The predicted molar refractivity (Wildman–Crippen MR) is 137 cm³/mol. The highest BCUT2D eigenvalue weighted by Crippen LogP contribution is 2.37. The Labute approximate surface area is 207 Å². The molecule has 0 amide bonds. The maximum absolute atomic E-state index is 9.03. The predicted octanol–water partition coefficient (Wildman–Crippen LogP) is 6.71. The third kappa shape index (κ3) is 4.39. The second kappa shape index (κ2) is 9.09. The number of hydrogen-bond donors (Lipinski definition) is 1. The van der Waals surface area contributed by atoms with Gasteiger partial charge in [0.15, 0.2) is 0 Å². The van der Waals surface area contributed by atoms with Gasteiger partial charge in [0.25, 0.3) is 0 Å². The van der Waals surface area contributed by atoms with Crippen LogP contribution in [0.2, 0.25) is 5.02 Å². The highest BCUT2D eigenvalue weighted by molar-refractivity contribution is 6.33. The van der Waals surface area contributed by atoms with E-state index in [0.717, 1.165) is 44.7 Å². The van der Waals surface area contributed by atoms with E-state index >= 15 is 0 Å². The molecule has 5 rings (SSSR count). The molecule has 8 heteroatoms. The molecule has 0 aliphatic heterocycles. The molecule has 3 heterocycles. The molecule has 3 aromatic heterocycles. The summed E-state index contributed by atoms with van der Waals surface area (Å²) in [5, 5.41) is 12.8. The number of nitrogens with zero attached hydrogens (tertiary/aromatic N) is 5. The lowest BCUT2D eigenvalue weighted by Gasteiger charge is -2.16. The van der Waals surface area contributed by atoms with Crippen LogP contribution in [0.4, 0.5) is 11.6 Å². The minimum Gasteiger partial charge on any atom is -0.436 e. The monoisotopic (exact) mass is 480 g/mol. The molecule has 0 aliphatic carbocycles. The normalized spacial score (nSPS) is 10.8. The number of pyridine rings is 1. The Hall–Kier alpha value is -4.41. The fourth-order valence-corrected chi connectivity index (χ4v) is 4.24. The Balaban J connectivity index is 1.53. The molecule has 5 aromatic rings. The molecule has 0 fully saturated rings. The van der Waals surface area contributed by atoms with E-state index in [0.29, 0.717) is 22.4 Å². The van der Waals surface area contributed by atoms with Crippen molar-refractivity contribution in [3.8, 4) is 28.8 Å². The lowest BCUT2D eigenvalue weighted by molar-refractivity contribution is 0.459. The van der Waals surface area contributed by atoms with Gasteiger partial charge in [-0.25, -0.2) is 4.98 Å². The lowest BCUT2D eigenvalue weighted by Crippen LogP contribution is -2.02. The van der Waals surface area contributed by atoms with Crippen LogP contribution in [0.5, 0.6) is 11.6 Å². The van der Waals surface area contributed by atoms with Crippen LogP contribution in [-0.4, -0.2) is 19.5 Å². The summed E-state index contributed by atoms with van der Waals surface area (Å²) >= 11 is 6.37. The van der Waals surface area contributed by atoms with Crippen LogP contribution in [-0.2, 0) is 7.05 Å². The summed E-state index contributed by atoms with van der Waals surface area (Å²) in [5.74, 6) is 1.57. The van der Waals surface area contributed by atoms with E-state index in [9.17, 15) is 0 Å². The number of rotatable bonds is 5. The van der Waals surface area contributed by atoms with Crippen molar-refractivity contribution < 1.29 is 4.74 Å². The Kier molecular flexibility index (Phi) is 5.81. The van der Waals surface area contributed by atoms with Gasteiger partial charge >= 0.3 is 0 Å². The van der Waals surface area contributed by atoms with Gasteiger partial charge in [-0.2, -0.15) is 10.2 Å². The highest BCUT2D eigenvalue weighted by Gasteiger charge is 2.17. The van der Waals surface area contributed by atoms with E-state index in [1.54, 1.807) is 24.5 Å². The Morgan fingerprint density at radius 3 is 2.46 bits per heavy atom. The smallest absolute Gasteiger partial charge is 0.249 e. The minimum atomic E-state index is 0.402. The molecule has 0 saturated carbocycles. The van der Waals surface area contributed by atoms with Crippen LogP contribution in [0.15, 0.2) is 67.1 Å². The second-order valence-corrected chi connectivity index (χ2v) is 8.63. The molecule has 0 aliphatic rings. The van der Waals surface area contributed by atoms with E-state index < -0.39 is 0 Å². The van der Waals surface area contributed by atoms with Gasteiger partial charge in [0.2, 0.25) is 11.8 Å². The van der Waals surface area contributed by atoms with E-state index in [2.05, 4.69) is 26.3 Å². The molecule has 0 spiro atoms. The van der Waals surface area contributed by atoms with Crippen molar-refractivity contribution in [2.75, 3.05) is 5.32 Å². The van der Waals surface area contributed by atoms with Crippen LogP contribution in [0, 0.1) is 25.2 Å². The minimum absolute atomic E-state index is 0.402. The Morgan fingerprint density at radius 2 is 1.77 bits per heavy atom. The van der Waals surface area contributed by atoms with Crippen molar-refractivity contribution >= 4 is 34.3 Å². The molecule has 7 nitrogen and oxygen atoms in total. The first kappa shape index (κ1) is 22.4. The molecular weight excluding hydrogens is 460 g/mol. The number of aryl methyl sites for hydroxylation is 3. The lowest BCUT2D eigenvalue weighted by atomic mass is 10.0. The molecule has 0 radical (unpaired) electrons. The van der Waals surface area contributed by atoms with Crippen molar-refractivity contribution in [2.24, 2.45) is 7.05 Å². The topological polar surface area (TPSA) is 88.7 Å². The zero-order valence-corrected chi connectivity index (χ0v) is 20.1. The van der Waals surface area contributed by atoms with Gasteiger partial charge in [-0.3, -0.25) is 4.98 Å². The Morgan fingerprint density at radius 1 is 1.03 bits per heavy atom. The van der Waals surface area contributed by atoms with Gasteiger partial charge in [0.05, 0.1) is 22.2 Å². The number of aromatic nitrogens is 4. The summed E-state index contributed by atoms with van der Waals surface area (Å²) in [6.07, 6.45) is 5.29. The first-order valence-corrected chi connectivity index (χ1v) is 11.3. The first-order valence-electron chi connectivity index (χ1n) is 10.9. The van der Waals surface area contributed by atoms with Crippen LogP contribution < -0.4 is 10.1 Å². The molecule has 0 saturated heterocycles. The molecule has 1 N–H and O–H groups in total. The maximum atomic E-state index is 9.03. The second-order valence-electron chi connectivity index (χ2n) is 8.22. The molecule has 0 unspecified atom stereocenters. The van der Waals surface area contributed by atoms with Gasteiger partial charge in [0.1, 0.15) is 11.3 Å². The summed E-state index contributed by atoms with van der Waals surface area (Å²) in [4.78, 5) is 13.4. The first-order chi connectivity index (χ1) is 16.9. The third-order valence-electron chi connectivity index (χ3n) is 5.70. The van der Waals surface area contributed by atoms with Crippen molar-refractivity contribution in [2.45, 2.75) is 13.8 Å². The molecule has 172 valence electrons. The van der Waals surface area contributed by atoms with Crippen molar-refractivity contribution in [1.82, 2.24) is 19.5 Å². The zero-order valence-electron chi connectivity index (χ0n) is 19.4. The van der Waals surface area contributed by atoms with Crippen LogP contribution in [0.1, 0.15) is 16.7 Å². The summed E-state index contributed by atoms with van der Waals surface area (Å²) in [6.45, 7) is 4.00. The summed E-state index contributed by atoms with van der Waals surface area (Å²) < 4.78 is 8.36. The summed E-state index contributed by atoms with van der Waals surface area (Å²) in [5.41, 5.74) is 6.72. The van der Waals surface area contributed by atoms with Gasteiger partial charge in [0, 0.05) is 36.9 Å². The number of fused-ring (bicyclic) bond motifs is 1. The van der Waals surface area contributed by atoms with Gasteiger partial charge in [-0.05, 0) is 79.1 Å². The van der Waals surface area contributed by atoms with Crippen LogP contribution in [0.3, 0.4) is 0 Å². The summed E-state index contributed by atoms with van der Waals surface area (Å²) in [7, 11) is 1.93. The average Bonchev–Trinajstić information content (AvgIpc) is 3.22. The zero-order chi connectivity index (χ0) is 24.5. The van der Waals surface area contributed by atoms with E-state index in [4.69, 9.17) is 21.6 Å². The Bertz CT molecular complexity index is 1580. The van der Waals surface area contributed by atoms with Gasteiger partial charge in [-0.1, -0.05) is 11.6 Å². The molecule has 0 atom stereocenters. The average molecular weight is 481 g/mol. The molecular formula is C27H21ClN6O. The fourth-order valence-electron chi connectivity index (χ4n) is 4.01.